The summed E-state index contributed by atoms with van der Waals surface area (Å²) >= 11 is 0. The van der Waals surface area contributed by atoms with Crippen LogP contribution in [0, 0.1) is 0 Å². The van der Waals surface area contributed by atoms with Crippen molar-refractivity contribution in [1.29, 1.82) is 0 Å². The van der Waals surface area contributed by atoms with E-state index in [2.05, 4.69) is 31.9 Å². The van der Waals surface area contributed by atoms with Crippen LogP contribution in [-0.4, -0.2) is 88.5 Å². The summed E-state index contributed by atoms with van der Waals surface area (Å²) in [6.07, 6.45) is 4.68. The van der Waals surface area contributed by atoms with Gasteiger partial charge in [-0.3, -0.25) is 28.8 Å². The molecule has 0 radical (unpaired) electrons. The van der Waals surface area contributed by atoms with E-state index in [-0.39, 0.29) is 17.2 Å². The highest BCUT2D eigenvalue weighted by atomic mass is 16.3. The number of amides is 6. The Morgan fingerprint density at radius 1 is 0.341 bits per heavy atom. The molecular weight excluding hydrogens is 1110 g/mol. The third-order valence-corrected chi connectivity index (χ3v) is 15.6. The first-order chi connectivity index (χ1) is 42.7. The largest absolute Gasteiger partial charge is 0.508 e. The molecule has 0 fully saturated rings. The van der Waals surface area contributed by atoms with Crippen LogP contribution in [0.25, 0.3) is 32.3 Å². The quantitative estimate of drug-likeness (QED) is 0.0169. The molecule has 0 aromatic heterocycles. The number of nitrogens with two attached hydrogens (primary N) is 3. The topological polar surface area (TPSA) is 313 Å². The lowest BCUT2D eigenvalue weighted by molar-refractivity contribution is -0.118. The SMILES string of the molecule is NCCCC[C@@H](NC(=O)c1cccc2cc(O)ccc12)C(=O)Nc1ccc(C(c2ccc(NC(=O)[C@@H](CCCCN)NC(=O)c3cccc4cc(O)ccc34)cc2)c2ccc(NC(=O)[C@@H](CCCCN)NC(=O)c3cccc4cc(O)ccc34)cc2)cc1. The Kier molecular flexibility index (Phi) is 21.1. The number of aromatic hydroxyl groups is 3. The monoisotopic (exact) mass is 1180 g/mol. The van der Waals surface area contributed by atoms with Crippen molar-refractivity contribution in [2.24, 2.45) is 17.2 Å². The smallest absolute Gasteiger partial charge is 0.252 e. The number of anilines is 3. The summed E-state index contributed by atoms with van der Waals surface area (Å²) in [6.45, 7) is 1.25. The molecule has 18 nitrogen and oxygen atoms in total. The van der Waals surface area contributed by atoms with Crippen molar-refractivity contribution < 1.29 is 44.1 Å². The predicted octanol–water partition coefficient (Wildman–Crippen LogP) is 10.0. The molecule has 88 heavy (non-hydrogen) atoms. The maximum Gasteiger partial charge on any atom is 0.252 e. The molecule has 0 saturated heterocycles. The fourth-order valence-corrected chi connectivity index (χ4v) is 10.9. The van der Waals surface area contributed by atoms with Crippen molar-refractivity contribution in [1.82, 2.24) is 16.0 Å². The zero-order chi connectivity index (χ0) is 62.1. The van der Waals surface area contributed by atoms with Crippen molar-refractivity contribution in [2.75, 3.05) is 35.6 Å². The van der Waals surface area contributed by atoms with Crippen LogP contribution in [0.1, 0.15) is 111 Å². The Hall–Kier alpha value is -10.1. The number of phenolic OH excluding ortho intramolecular Hbond substituents is 3. The number of hydrogen-bond donors (Lipinski definition) is 12. The number of fused-ring (bicyclic) bond motifs is 3. The van der Waals surface area contributed by atoms with E-state index < -0.39 is 59.5 Å². The summed E-state index contributed by atoms with van der Waals surface area (Å²) in [5.74, 6) is -2.84. The van der Waals surface area contributed by atoms with Gasteiger partial charge in [0.15, 0.2) is 0 Å². The number of carbonyl (C=O) groups is 6. The van der Waals surface area contributed by atoms with Crippen LogP contribution in [0.3, 0.4) is 0 Å². The standard InChI is InChI=1S/C70H73N9O9/c71-37-4-1-16-61(77-65(83)58-13-7-10-46-40-52(80)31-34-55(46)58)68(86)74-49-25-19-43(20-26-49)64(44-21-27-50(28-22-44)75-69(87)62(17-2-5-38-72)78-66(84)59-14-8-11-47-41-53(81)32-35-56(47)59)45-23-29-51(30-24-45)76-70(88)63(18-3-6-39-73)79-67(85)60-15-9-12-48-42-54(82)33-36-57(48)60/h7-15,19-36,40-42,61-64,80-82H,1-6,16-18,37-39,71-73H2,(H,74,86)(H,75,87)(H,76,88)(H,77,83)(H,78,84)(H,79,85)/t61-,62-,63-/m1/s1. The van der Waals surface area contributed by atoms with Gasteiger partial charge in [0, 0.05) is 39.7 Å². The van der Waals surface area contributed by atoms with Gasteiger partial charge in [0.1, 0.15) is 35.4 Å². The van der Waals surface area contributed by atoms with E-state index >= 15 is 0 Å². The Bertz CT molecular complexity index is 3550. The first-order valence-corrected chi connectivity index (χ1v) is 29.6. The number of hydrogen-bond acceptors (Lipinski definition) is 12. The van der Waals surface area contributed by atoms with Crippen LogP contribution in [0.4, 0.5) is 17.1 Å². The maximum absolute atomic E-state index is 14.1. The van der Waals surface area contributed by atoms with Gasteiger partial charge in [-0.1, -0.05) is 72.8 Å². The van der Waals surface area contributed by atoms with Gasteiger partial charge in [0.2, 0.25) is 17.7 Å². The van der Waals surface area contributed by atoms with Crippen LogP contribution >= 0.6 is 0 Å². The number of unbranched alkanes of at least 4 members (excludes halogenated alkanes) is 3. The minimum absolute atomic E-state index is 0.0663. The summed E-state index contributed by atoms with van der Waals surface area (Å²) in [5.41, 5.74) is 22.4. The molecule has 0 aliphatic rings. The second-order valence-electron chi connectivity index (χ2n) is 21.8. The minimum Gasteiger partial charge on any atom is -0.508 e. The Morgan fingerprint density at radius 3 is 0.875 bits per heavy atom. The second kappa shape index (κ2) is 29.8. The minimum atomic E-state index is -0.910. The van der Waals surface area contributed by atoms with Crippen molar-refractivity contribution in [3.05, 3.63) is 215 Å². The molecular formula is C70H73N9O9. The molecule has 15 N–H and O–H groups in total. The van der Waals surface area contributed by atoms with Crippen LogP contribution in [0.15, 0.2) is 182 Å². The fourth-order valence-electron chi connectivity index (χ4n) is 10.9. The lowest BCUT2D eigenvalue weighted by atomic mass is 9.85. The Balaban J connectivity index is 0.963. The van der Waals surface area contributed by atoms with Crippen LogP contribution in [0.2, 0.25) is 0 Å². The van der Waals surface area contributed by atoms with Gasteiger partial charge in [-0.2, -0.15) is 0 Å². The first kappa shape index (κ1) is 62.4. The predicted molar refractivity (Wildman–Crippen MR) is 345 cm³/mol. The van der Waals surface area contributed by atoms with Gasteiger partial charge in [-0.05, 0) is 236 Å². The summed E-state index contributed by atoms with van der Waals surface area (Å²) in [5, 5.41) is 51.9. The Morgan fingerprint density at radius 2 is 0.614 bits per heavy atom. The van der Waals surface area contributed by atoms with Crippen molar-refractivity contribution in [3.63, 3.8) is 0 Å². The molecule has 3 atom stereocenters. The van der Waals surface area contributed by atoms with Crippen molar-refractivity contribution in [2.45, 2.75) is 81.8 Å². The summed E-state index contributed by atoms with van der Waals surface area (Å²) in [4.78, 5) is 83.8. The zero-order valence-corrected chi connectivity index (χ0v) is 48.6. The first-order valence-electron chi connectivity index (χ1n) is 29.6. The molecule has 0 saturated carbocycles. The molecule has 18 heteroatoms. The molecule has 452 valence electrons. The highest BCUT2D eigenvalue weighted by molar-refractivity contribution is 6.11. The molecule has 0 bridgehead atoms. The van der Waals surface area contributed by atoms with Gasteiger partial charge >= 0.3 is 0 Å². The van der Waals surface area contributed by atoms with E-state index in [0.29, 0.717) is 143 Å². The number of carbonyl (C=O) groups excluding carboxylic acids is 6. The molecule has 0 heterocycles. The zero-order valence-electron chi connectivity index (χ0n) is 48.6. The van der Waals surface area contributed by atoms with Gasteiger partial charge in [-0.15, -0.1) is 0 Å². The number of rotatable bonds is 27. The average molecular weight is 1180 g/mol. The maximum atomic E-state index is 14.1. The lowest BCUT2D eigenvalue weighted by Crippen LogP contribution is -2.44. The van der Waals surface area contributed by atoms with Gasteiger partial charge < -0.3 is 64.4 Å². The summed E-state index contributed by atoms with van der Waals surface area (Å²) in [7, 11) is 0. The molecule has 0 spiro atoms. The van der Waals surface area contributed by atoms with Gasteiger partial charge in [-0.25, -0.2) is 0 Å². The number of benzene rings is 9. The van der Waals surface area contributed by atoms with Gasteiger partial charge in [0.05, 0.1) is 0 Å². The van der Waals surface area contributed by atoms with Crippen molar-refractivity contribution in [3.8, 4) is 17.2 Å². The van der Waals surface area contributed by atoms with Gasteiger partial charge in [0.25, 0.3) is 17.7 Å². The molecule has 9 aromatic rings. The molecule has 0 unspecified atom stereocenters. The summed E-state index contributed by atoms with van der Waals surface area (Å²) < 4.78 is 0. The van der Waals surface area contributed by atoms with E-state index in [1.54, 1.807) is 127 Å². The van der Waals surface area contributed by atoms with E-state index in [9.17, 15) is 44.1 Å². The highest BCUT2D eigenvalue weighted by Crippen LogP contribution is 2.35. The van der Waals surface area contributed by atoms with Crippen LogP contribution < -0.4 is 49.1 Å². The number of phenols is 3. The van der Waals surface area contributed by atoms with E-state index in [1.807, 2.05) is 36.4 Å². The molecule has 0 aliphatic heterocycles. The number of nitrogens with one attached hydrogen (secondary N) is 6. The van der Waals surface area contributed by atoms with E-state index in [0.717, 1.165) is 16.7 Å². The third kappa shape index (κ3) is 15.8. The fraction of sp³-hybridized carbons (Fsp3) is 0.229. The highest BCUT2D eigenvalue weighted by Gasteiger charge is 2.27. The summed E-state index contributed by atoms with van der Waals surface area (Å²) in [6, 6.07) is 49.1. The van der Waals surface area contributed by atoms with Crippen LogP contribution in [0.5, 0.6) is 17.2 Å². The van der Waals surface area contributed by atoms with Crippen molar-refractivity contribution >= 4 is 84.8 Å². The van der Waals surface area contributed by atoms with E-state index in [4.69, 9.17) is 17.2 Å². The second-order valence-corrected chi connectivity index (χ2v) is 21.8. The Labute approximate surface area is 509 Å². The van der Waals surface area contributed by atoms with Crippen LogP contribution in [-0.2, 0) is 14.4 Å². The molecule has 0 aliphatic carbocycles. The molecule has 9 aromatic carbocycles. The molecule has 9 rings (SSSR count). The normalized spacial score (nSPS) is 12.3. The molecule has 6 amide bonds. The third-order valence-electron chi connectivity index (χ3n) is 15.6. The van der Waals surface area contributed by atoms with E-state index in [1.165, 1.54) is 18.2 Å². The lowest BCUT2D eigenvalue weighted by Gasteiger charge is -2.22. The average Bonchev–Trinajstić information content (AvgIpc) is 1.93.